The third kappa shape index (κ3) is 3.56. The highest BCUT2D eigenvalue weighted by atomic mass is 79.9. The average molecular weight is 296 g/mol. The first-order valence-corrected chi connectivity index (χ1v) is 7.27. The van der Waals surface area contributed by atoms with Gasteiger partial charge in [-0.3, -0.25) is 0 Å². The maximum atomic E-state index is 3.55. The van der Waals surface area contributed by atoms with Crippen LogP contribution in [0.15, 0.2) is 28.7 Å². The van der Waals surface area contributed by atoms with Gasteiger partial charge in [0.2, 0.25) is 0 Å². The normalized spacial score (nSPS) is 27.5. The third-order valence-electron chi connectivity index (χ3n) is 3.83. The molecule has 1 aliphatic carbocycles. The van der Waals surface area contributed by atoms with Gasteiger partial charge < -0.3 is 5.32 Å². The van der Waals surface area contributed by atoms with Gasteiger partial charge in [0.15, 0.2) is 0 Å². The standard InChI is InChI=1S/C15H22BrN/c1-11(2)17-10-13-9-15(13,3)8-12-4-6-14(16)7-5-12/h4-7,11,13,17H,8-10H2,1-3H3. The lowest BCUT2D eigenvalue weighted by Crippen LogP contribution is -2.26. The summed E-state index contributed by atoms with van der Waals surface area (Å²) in [5.41, 5.74) is 1.98. The van der Waals surface area contributed by atoms with E-state index in [9.17, 15) is 0 Å². The van der Waals surface area contributed by atoms with Crippen molar-refractivity contribution in [3.63, 3.8) is 0 Å². The topological polar surface area (TPSA) is 12.0 Å². The summed E-state index contributed by atoms with van der Waals surface area (Å²) >= 11 is 3.48. The predicted octanol–water partition coefficient (Wildman–Crippen LogP) is 4.02. The van der Waals surface area contributed by atoms with Crippen molar-refractivity contribution in [2.75, 3.05) is 6.54 Å². The van der Waals surface area contributed by atoms with Crippen molar-refractivity contribution in [2.24, 2.45) is 11.3 Å². The lowest BCUT2D eigenvalue weighted by molar-refractivity contribution is 0.459. The van der Waals surface area contributed by atoms with Crippen LogP contribution in [0.3, 0.4) is 0 Å². The molecule has 0 radical (unpaired) electrons. The monoisotopic (exact) mass is 295 g/mol. The molecule has 17 heavy (non-hydrogen) atoms. The van der Waals surface area contributed by atoms with Gasteiger partial charge in [0.25, 0.3) is 0 Å². The Morgan fingerprint density at radius 3 is 2.59 bits per heavy atom. The van der Waals surface area contributed by atoms with Crippen molar-refractivity contribution in [3.05, 3.63) is 34.3 Å². The van der Waals surface area contributed by atoms with Crippen molar-refractivity contribution in [2.45, 2.75) is 39.7 Å². The lowest BCUT2D eigenvalue weighted by Gasteiger charge is -2.13. The van der Waals surface area contributed by atoms with Gasteiger partial charge in [-0.05, 0) is 48.4 Å². The molecular weight excluding hydrogens is 274 g/mol. The quantitative estimate of drug-likeness (QED) is 0.865. The summed E-state index contributed by atoms with van der Waals surface area (Å²) in [6, 6.07) is 9.36. The molecule has 0 bridgehead atoms. The number of rotatable bonds is 5. The fraction of sp³-hybridized carbons (Fsp3) is 0.600. The first kappa shape index (κ1) is 13.1. The van der Waals surface area contributed by atoms with E-state index in [0.717, 1.165) is 5.92 Å². The molecule has 0 saturated heterocycles. The van der Waals surface area contributed by atoms with E-state index in [1.165, 1.54) is 29.4 Å². The fourth-order valence-electron chi connectivity index (χ4n) is 2.49. The number of benzene rings is 1. The molecule has 0 spiro atoms. The SMILES string of the molecule is CC(C)NCC1CC1(C)Cc1ccc(Br)cc1. The van der Waals surface area contributed by atoms with Gasteiger partial charge in [-0.15, -0.1) is 0 Å². The minimum absolute atomic E-state index is 0.524. The molecule has 2 rings (SSSR count). The summed E-state index contributed by atoms with van der Waals surface area (Å²) in [6.07, 6.45) is 2.58. The molecule has 1 fully saturated rings. The predicted molar refractivity (Wildman–Crippen MR) is 77.2 cm³/mol. The summed E-state index contributed by atoms with van der Waals surface area (Å²) in [5.74, 6) is 0.855. The van der Waals surface area contributed by atoms with E-state index in [1.807, 2.05) is 0 Å². The Labute approximate surface area is 113 Å². The Balaban J connectivity index is 1.86. The second-order valence-corrected chi connectivity index (χ2v) is 6.84. The van der Waals surface area contributed by atoms with Crippen LogP contribution in [0, 0.1) is 11.3 Å². The maximum Gasteiger partial charge on any atom is 0.0175 e. The van der Waals surface area contributed by atoms with Crippen molar-refractivity contribution in [3.8, 4) is 0 Å². The van der Waals surface area contributed by atoms with Gasteiger partial charge in [0.1, 0.15) is 0 Å². The summed E-state index contributed by atoms with van der Waals surface area (Å²) in [5, 5.41) is 3.55. The number of nitrogens with one attached hydrogen (secondary N) is 1. The summed E-state index contributed by atoms with van der Waals surface area (Å²) < 4.78 is 1.17. The molecule has 0 heterocycles. The minimum atomic E-state index is 0.524. The van der Waals surface area contributed by atoms with E-state index in [1.54, 1.807) is 0 Å². The van der Waals surface area contributed by atoms with Gasteiger partial charge in [-0.25, -0.2) is 0 Å². The zero-order chi connectivity index (χ0) is 12.5. The molecule has 94 valence electrons. The Morgan fingerprint density at radius 2 is 2.00 bits per heavy atom. The molecule has 1 aromatic carbocycles. The third-order valence-corrected chi connectivity index (χ3v) is 4.36. The smallest absolute Gasteiger partial charge is 0.0175 e. The molecule has 1 N–H and O–H groups in total. The molecular formula is C15H22BrN. The summed E-state index contributed by atoms with van der Waals surface area (Å²) in [7, 11) is 0. The Hall–Kier alpha value is -0.340. The van der Waals surface area contributed by atoms with Crippen LogP contribution in [0.2, 0.25) is 0 Å². The molecule has 0 aromatic heterocycles. The molecule has 0 amide bonds. The second kappa shape index (κ2) is 5.11. The van der Waals surface area contributed by atoms with Crippen LogP contribution >= 0.6 is 15.9 Å². The van der Waals surface area contributed by atoms with Gasteiger partial charge in [0, 0.05) is 10.5 Å². The number of halogens is 1. The van der Waals surface area contributed by atoms with Crippen LogP contribution < -0.4 is 5.32 Å². The van der Waals surface area contributed by atoms with Crippen LogP contribution in [0.25, 0.3) is 0 Å². The number of hydrogen-bond donors (Lipinski definition) is 1. The molecule has 1 aliphatic rings. The molecule has 2 atom stereocenters. The highest BCUT2D eigenvalue weighted by molar-refractivity contribution is 9.10. The largest absolute Gasteiger partial charge is 0.314 e. The molecule has 2 unspecified atom stereocenters. The summed E-state index contributed by atoms with van der Waals surface area (Å²) in [4.78, 5) is 0. The van der Waals surface area contributed by atoms with Gasteiger partial charge in [-0.2, -0.15) is 0 Å². The average Bonchev–Trinajstić information content (AvgIpc) is 2.90. The van der Waals surface area contributed by atoms with Crippen molar-refractivity contribution >= 4 is 15.9 Å². The number of hydrogen-bond acceptors (Lipinski definition) is 1. The molecule has 1 aromatic rings. The fourth-order valence-corrected chi connectivity index (χ4v) is 2.75. The first-order valence-electron chi connectivity index (χ1n) is 6.47. The van der Waals surface area contributed by atoms with Gasteiger partial charge in [0.05, 0.1) is 0 Å². The molecule has 0 aliphatic heterocycles. The molecule has 1 saturated carbocycles. The van der Waals surface area contributed by atoms with E-state index < -0.39 is 0 Å². The van der Waals surface area contributed by atoms with Crippen molar-refractivity contribution in [1.82, 2.24) is 5.32 Å². The zero-order valence-corrected chi connectivity index (χ0v) is 12.5. The van der Waals surface area contributed by atoms with Crippen LogP contribution in [0.5, 0.6) is 0 Å². The van der Waals surface area contributed by atoms with E-state index in [2.05, 4.69) is 66.3 Å². The Bertz CT molecular complexity index is 371. The zero-order valence-electron chi connectivity index (χ0n) is 11.0. The summed E-state index contributed by atoms with van der Waals surface area (Å²) in [6.45, 7) is 8.02. The molecule has 2 heteroatoms. The van der Waals surface area contributed by atoms with Crippen LogP contribution in [-0.2, 0) is 6.42 Å². The highest BCUT2D eigenvalue weighted by Crippen LogP contribution is 2.54. The van der Waals surface area contributed by atoms with Crippen molar-refractivity contribution in [1.29, 1.82) is 0 Å². The molecule has 1 nitrogen and oxygen atoms in total. The van der Waals surface area contributed by atoms with Gasteiger partial charge in [-0.1, -0.05) is 48.8 Å². The van der Waals surface area contributed by atoms with E-state index in [-0.39, 0.29) is 0 Å². The maximum absolute atomic E-state index is 3.55. The highest BCUT2D eigenvalue weighted by Gasteiger charge is 2.48. The second-order valence-electron chi connectivity index (χ2n) is 5.92. The van der Waals surface area contributed by atoms with E-state index in [0.29, 0.717) is 11.5 Å². The first-order chi connectivity index (χ1) is 7.99. The van der Waals surface area contributed by atoms with Crippen LogP contribution in [0.4, 0.5) is 0 Å². The van der Waals surface area contributed by atoms with Crippen LogP contribution in [0.1, 0.15) is 32.8 Å². The minimum Gasteiger partial charge on any atom is -0.314 e. The Kier molecular flexibility index (Phi) is 3.94. The van der Waals surface area contributed by atoms with E-state index >= 15 is 0 Å². The van der Waals surface area contributed by atoms with Gasteiger partial charge >= 0.3 is 0 Å². The van der Waals surface area contributed by atoms with Crippen molar-refractivity contribution < 1.29 is 0 Å². The van der Waals surface area contributed by atoms with E-state index in [4.69, 9.17) is 0 Å². The van der Waals surface area contributed by atoms with Crippen LogP contribution in [-0.4, -0.2) is 12.6 Å². The lowest BCUT2D eigenvalue weighted by atomic mass is 9.96. The Morgan fingerprint density at radius 1 is 1.35 bits per heavy atom.